The van der Waals surface area contributed by atoms with Crippen LogP contribution >= 0.6 is 0 Å². The van der Waals surface area contributed by atoms with Crippen LogP contribution in [0.4, 0.5) is 0 Å². The first-order chi connectivity index (χ1) is 15.6. The molecule has 2 bridgehead atoms. The van der Waals surface area contributed by atoms with E-state index in [2.05, 4.69) is 4.90 Å². The zero-order valence-corrected chi connectivity index (χ0v) is 19.3. The molecule has 0 saturated carbocycles. The van der Waals surface area contributed by atoms with Crippen LogP contribution in [-0.4, -0.2) is 72.5 Å². The molecule has 1 aromatic rings. The van der Waals surface area contributed by atoms with Gasteiger partial charge in [-0.05, 0) is 58.0 Å². The number of hydrogen-bond donors (Lipinski definition) is 2. The van der Waals surface area contributed by atoms with E-state index in [4.69, 9.17) is 24.7 Å². The van der Waals surface area contributed by atoms with Crippen molar-refractivity contribution in [1.29, 1.82) is 0 Å². The van der Waals surface area contributed by atoms with E-state index < -0.39 is 41.2 Å². The van der Waals surface area contributed by atoms with Crippen LogP contribution in [0, 0.1) is 0 Å². The summed E-state index contributed by atoms with van der Waals surface area (Å²) >= 11 is 0. The Labute approximate surface area is 192 Å². The fourth-order valence-corrected chi connectivity index (χ4v) is 6.12. The van der Waals surface area contributed by atoms with Crippen molar-refractivity contribution in [3.05, 3.63) is 35.1 Å². The molecule has 1 aromatic carbocycles. The third kappa shape index (κ3) is 2.88. The quantitative estimate of drug-likeness (QED) is 0.617. The Morgan fingerprint density at radius 2 is 2.06 bits per heavy atom. The van der Waals surface area contributed by atoms with Crippen molar-refractivity contribution < 1.29 is 33.6 Å². The molecule has 33 heavy (non-hydrogen) atoms. The summed E-state index contributed by atoms with van der Waals surface area (Å²) < 4.78 is 22.9. The number of ether oxygens (including phenoxy) is 4. The maximum Gasteiger partial charge on any atom is 0.352 e. The highest BCUT2D eigenvalue weighted by atomic mass is 16.6. The number of esters is 2. The molecule has 0 aromatic heterocycles. The zero-order valence-electron chi connectivity index (χ0n) is 19.3. The minimum atomic E-state index is -1.13. The molecule has 9 nitrogen and oxygen atoms in total. The van der Waals surface area contributed by atoms with Crippen molar-refractivity contribution in [2.45, 2.75) is 68.4 Å². The van der Waals surface area contributed by atoms with Crippen LogP contribution in [0.3, 0.4) is 0 Å². The summed E-state index contributed by atoms with van der Waals surface area (Å²) in [5.74, 6) is 0.102. The number of methoxy groups -OCH3 is 1. The van der Waals surface area contributed by atoms with Crippen LogP contribution in [0.5, 0.6) is 11.5 Å². The summed E-state index contributed by atoms with van der Waals surface area (Å²) in [7, 11) is 3.61. The minimum absolute atomic E-state index is 0.0939. The zero-order chi connectivity index (χ0) is 23.7. The van der Waals surface area contributed by atoms with Crippen LogP contribution in [0.2, 0.25) is 0 Å². The smallest absolute Gasteiger partial charge is 0.352 e. The summed E-state index contributed by atoms with van der Waals surface area (Å²) in [4.78, 5) is 26.8. The van der Waals surface area contributed by atoms with Crippen LogP contribution in [0.15, 0.2) is 24.0 Å². The molecule has 0 radical (unpaired) electrons. The van der Waals surface area contributed by atoms with Crippen molar-refractivity contribution in [3.63, 3.8) is 0 Å². The molecule has 1 unspecified atom stereocenters. The lowest BCUT2D eigenvalue weighted by Gasteiger charge is -2.61. The molecule has 5 rings (SSSR count). The van der Waals surface area contributed by atoms with Crippen LogP contribution in [0.25, 0.3) is 0 Å². The number of carbonyl (C=O) groups excluding carboxylic acids is 2. The van der Waals surface area contributed by atoms with Crippen molar-refractivity contribution in [2.75, 3.05) is 20.7 Å². The third-order valence-electron chi connectivity index (χ3n) is 7.77. The van der Waals surface area contributed by atoms with Gasteiger partial charge in [-0.15, -0.1) is 0 Å². The van der Waals surface area contributed by atoms with Crippen molar-refractivity contribution >= 4 is 11.9 Å². The fraction of sp³-hybridized carbons (Fsp3) is 0.583. The van der Waals surface area contributed by atoms with Gasteiger partial charge < -0.3 is 34.7 Å². The second-order valence-corrected chi connectivity index (χ2v) is 9.57. The highest BCUT2D eigenvalue weighted by molar-refractivity contribution is 5.82. The molecule has 1 saturated heterocycles. The van der Waals surface area contributed by atoms with E-state index in [1.54, 1.807) is 13.2 Å². The van der Waals surface area contributed by atoms with Crippen LogP contribution < -0.4 is 15.2 Å². The lowest BCUT2D eigenvalue weighted by Crippen LogP contribution is -2.74. The van der Waals surface area contributed by atoms with E-state index in [-0.39, 0.29) is 6.04 Å². The fourth-order valence-electron chi connectivity index (χ4n) is 6.12. The van der Waals surface area contributed by atoms with Crippen molar-refractivity contribution in [3.8, 4) is 11.5 Å². The number of nitrogens with zero attached hydrogens (tertiary/aromatic N) is 1. The Balaban J connectivity index is 1.54. The first-order valence-corrected chi connectivity index (χ1v) is 11.3. The van der Waals surface area contributed by atoms with E-state index in [0.29, 0.717) is 36.5 Å². The molecular weight excluding hydrogens is 428 g/mol. The third-order valence-corrected chi connectivity index (χ3v) is 7.77. The summed E-state index contributed by atoms with van der Waals surface area (Å²) in [5, 5.41) is 12.2. The van der Waals surface area contributed by atoms with Crippen molar-refractivity contribution in [2.24, 2.45) is 5.73 Å². The average Bonchev–Trinajstić information content (AvgIpc) is 3.13. The lowest BCUT2D eigenvalue weighted by atomic mass is 9.50. The maximum atomic E-state index is 12.8. The molecule has 0 amide bonds. The minimum Gasteiger partial charge on any atom is -0.493 e. The van der Waals surface area contributed by atoms with E-state index in [0.717, 1.165) is 17.7 Å². The molecule has 4 aliphatic rings. The second kappa shape index (κ2) is 7.44. The monoisotopic (exact) mass is 458 g/mol. The van der Waals surface area contributed by atoms with E-state index in [1.807, 2.05) is 19.2 Å². The van der Waals surface area contributed by atoms with Gasteiger partial charge >= 0.3 is 11.9 Å². The van der Waals surface area contributed by atoms with Crippen LogP contribution in [0.1, 0.15) is 37.8 Å². The number of rotatable bonds is 5. The Morgan fingerprint density at radius 1 is 1.30 bits per heavy atom. The molecule has 2 aliphatic carbocycles. The van der Waals surface area contributed by atoms with Gasteiger partial charge in [0.25, 0.3) is 0 Å². The molecule has 2 aliphatic heterocycles. The average molecular weight is 459 g/mol. The van der Waals surface area contributed by atoms with Gasteiger partial charge in [-0.1, -0.05) is 6.07 Å². The van der Waals surface area contributed by atoms with Gasteiger partial charge in [0.2, 0.25) is 0 Å². The molecule has 9 heteroatoms. The summed E-state index contributed by atoms with van der Waals surface area (Å²) in [6.45, 7) is 3.70. The molecule has 1 spiro atoms. The predicted molar refractivity (Wildman–Crippen MR) is 117 cm³/mol. The van der Waals surface area contributed by atoms with Crippen molar-refractivity contribution in [1.82, 2.24) is 4.90 Å². The number of likely N-dealkylation sites (N-methyl/N-ethyl adjacent to an activating group) is 1. The lowest BCUT2D eigenvalue weighted by molar-refractivity contribution is -0.175. The molecular formula is C24H30N2O7. The number of likely N-dealkylation sites (tertiary alicyclic amines) is 1. The van der Waals surface area contributed by atoms with Gasteiger partial charge in [-0.3, -0.25) is 4.79 Å². The van der Waals surface area contributed by atoms with Gasteiger partial charge in [-0.25, -0.2) is 4.79 Å². The number of carbonyl (C=O) groups is 2. The Morgan fingerprint density at radius 3 is 2.76 bits per heavy atom. The summed E-state index contributed by atoms with van der Waals surface area (Å²) in [6, 6.07) is 2.98. The van der Waals surface area contributed by atoms with Gasteiger partial charge in [0.1, 0.15) is 11.8 Å². The van der Waals surface area contributed by atoms with Crippen LogP contribution in [-0.2, 0) is 30.9 Å². The van der Waals surface area contributed by atoms with E-state index in [9.17, 15) is 14.7 Å². The largest absolute Gasteiger partial charge is 0.493 e. The standard InChI is InChI=1S/C24H30N2O7/c1-12(25)21(27)31-13(2)22(28)32-16-7-8-24(29)17-11-14-5-6-15(30-4)19-18(14)23(24,20(16)33-19)9-10-26(17)3/h5-7,12-13,17,20,29H,8-11,25H2,1-4H3/t12-,13?,17+,20-,23-,24+/m0/s1. The Kier molecular flexibility index (Phi) is 5.00. The van der Waals surface area contributed by atoms with E-state index >= 15 is 0 Å². The SMILES string of the molecule is COc1ccc2c3c1O[C@H]1C(OC(=O)C(C)OC(=O)[C@H](C)N)=CC[C@@]4(O)[C@@H](C2)N(C)CC[C@]314. The normalized spacial score (nSPS) is 33.2. The number of aliphatic hydroxyl groups is 1. The highest BCUT2D eigenvalue weighted by Gasteiger charge is 2.72. The molecule has 178 valence electrons. The first kappa shape index (κ1) is 22.2. The number of nitrogens with two attached hydrogens (primary N) is 1. The Hall–Kier alpha value is -2.62. The number of piperidine rings is 1. The first-order valence-electron chi connectivity index (χ1n) is 11.3. The topological polar surface area (TPSA) is 121 Å². The Bertz CT molecular complexity index is 1050. The van der Waals surface area contributed by atoms with Gasteiger partial charge in [0, 0.05) is 18.0 Å². The summed E-state index contributed by atoms with van der Waals surface area (Å²) in [5.41, 5.74) is 5.75. The number of benzene rings is 1. The number of hydrogen-bond acceptors (Lipinski definition) is 9. The van der Waals surface area contributed by atoms with E-state index in [1.165, 1.54) is 13.8 Å². The molecule has 6 atom stereocenters. The molecule has 3 N–H and O–H groups in total. The molecule has 2 heterocycles. The maximum absolute atomic E-state index is 12.8. The highest BCUT2D eigenvalue weighted by Crippen LogP contribution is 2.65. The van der Waals surface area contributed by atoms with Gasteiger partial charge in [0.05, 0.1) is 18.1 Å². The summed E-state index contributed by atoms with van der Waals surface area (Å²) in [6.07, 6.45) is 1.56. The predicted octanol–water partition coefficient (Wildman–Crippen LogP) is 0.795. The van der Waals surface area contributed by atoms with Gasteiger partial charge in [0.15, 0.2) is 23.7 Å². The molecule has 1 fully saturated rings. The second-order valence-electron chi connectivity index (χ2n) is 9.57. The van der Waals surface area contributed by atoms with Gasteiger partial charge in [-0.2, -0.15) is 0 Å².